The Labute approximate surface area is 106 Å². The normalized spacial score (nSPS) is 10.2. The lowest BCUT2D eigenvalue weighted by Gasteiger charge is -2.10. The highest BCUT2D eigenvalue weighted by Gasteiger charge is 2.08. The molecule has 0 fully saturated rings. The Bertz CT molecular complexity index is 553. The Morgan fingerprint density at radius 2 is 1.61 bits per heavy atom. The van der Waals surface area contributed by atoms with Gasteiger partial charge in [-0.15, -0.1) is 0 Å². The van der Waals surface area contributed by atoms with E-state index >= 15 is 0 Å². The number of aromatic nitrogens is 2. The molecular formula is C13H15N3O2. The van der Waals surface area contributed by atoms with Gasteiger partial charge >= 0.3 is 0 Å². The molecule has 0 aliphatic heterocycles. The van der Waals surface area contributed by atoms with Gasteiger partial charge in [-0.2, -0.15) is 4.98 Å². The van der Waals surface area contributed by atoms with Crippen LogP contribution >= 0.6 is 0 Å². The maximum absolute atomic E-state index is 5.77. The van der Waals surface area contributed by atoms with Crippen LogP contribution in [0.5, 0.6) is 17.4 Å². The first-order valence-electron chi connectivity index (χ1n) is 5.53. The summed E-state index contributed by atoms with van der Waals surface area (Å²) in [5, 5.41) is 0. The number of hydrogen-bond donors (Lipinski definition) is 1. The fraction of sp³-hybridized carbons (Fsp3) is 0.231. The minimum absolute atomic E-state index is 0.436. The number of rotatable bonds is 3. The molecule has 0 aliphatic rings. The Kier molecular flexibility index (Phi) is 3.32. The predicted molar refractivity (Wildman–Crippen MR) is 69.0 cm³/mol. The number of anilines is 1. The highest BCUT2D eigenvalue weighted by Crippen LogP contribution is 2.26. The predicted octanol–water partition coefficient (Wildman–Crippen LogP) is 2.48. The average Bonchev–Trinajstić information content (AvgIpc) is 2.36. The SMILES string of the molecule is COc1ccc(Oc2nc(C)nc(N)c2C)cc1. The van der Waals surface area contributed by atoms with Crippen LogP contribution in [-0.2, 0) is 0 Å². The highest BCUT2D eigenvalue weighted by molar-refractivity contribution is 5.46. The van der Waals surface area contributed by atoms with Crippen LogP contribution in [-0.4, -0.2) is 17.1 Å². The lowest BCUT2D eigenvalue weighted by molar-refractivity contribution is 0.412. The fourth-order valence-electron chi connectivity index (χ4n) is 1.48. The second-order valence-electron chi connectivity index (χ2n) is 3.86. The van der Waals surface area contributed by atoms with Crippen molar-refractivity contribution in [3.63, 3.8) is 0 Å². The summed E-state index contributed by atoms with van der Waals surface area (Å²) in [7, 11) is 1.62. The van der Waals surface area contributed by atoms with Crippen LogP contribution in [0.25, 0.3) is 0 Å². The number of aryl methyl sites for hydroxylation is 1. The standard InChI is InChI=1S/C13H15N3O2/c1-8-12(14)15-9(2)16-13(8)18-11-6-4-10(17-3)5-7-11/h4-7H,1-3H3,(H2,14,15,16). The Hall–Kier alpha value is -2.30. The Balaban J connectivity index is 2.27. The first kappa shape index (κ1) is 12.2. The van der Waals surface area contributed by atoms with E-state index in [1.54, 1.807) is 14.0 Å². The number of benzene rings is 1. The lowest BCUT2D eigenvalue weighted by atomic mass is 10.3. The van der Waals surface area contributed by atoms with E-state index in [-0.39, 0.29) is 0 Å². The number of ether oxygens (including phenoxy) is 2. The molecule has 94 valence electrons. The zero-order valence-corrected chi connectivity index (χ0v) is 10.6. The van der Waals surface area contributed by atoms with Crippen molar-refractivity contribution in [2.75, 3.05) is 12.8 Å². The number of nitrogens with two attached hydrogens (primary N) is 1. The Morgan fingerprint density at radius 1 is 1.00 bits per heavy atom. The van der Waals surface area contributed by atoms with Gasteiger partial charge < -0.3 is 15.2 Å². The summed E-state index contributed by atoms with van der Waals surface area (Å²) in [6, 6.07) is 7.27. The third kappa shape index (κ3) is 2.51. The highest BCUT2D eigenvalue weighted by atomic mass is 16.5. The third-order valence-electron chi connectivity index (χ3n) is 2.52. The second-order valence-corrected chi connectivity index (χ2v) is 3.86. The summed E-state index contributed by atoms with van der Waals surface area (Å²) in [6.45, 7) is 3.60. The minimum Gasteiger partial charge on any atom is -0.497 e. The molecule has 2 N–H and O–H groups in total. The number of hydrogen-bond acceptors (Lipinski definition) is 5. The molecule has 0 saturated carbocycles. The molecule has 0 spiro atoms. The molecule has 0 saturated heterocycles. The van der Waals surface area contributed by atoms with Gasteiger partial charge in [0.2, 0.25) is 5.88 Å². The molecule has 1 aromatic heterocycles. The zero-order valence-electron chi connectivity index (χ0n) is 10.6. The van der Waals surface area contributed by atoms with E-state index in [9.17, 15) is 0 Å². The summed E-state index contributed by atoms with van der Waals surface area (Å²) >= 11 is 0. The smallest absolute Gasteiger partial charge is 0.227 e. The summed E-state index contributed by atoms with van der Waals surface area (Å²) in [5.74, 6) is 2.95. The molecule has 2 aromatic rings. The summed E-state index contributed by atoms with van der Waals surface area (Å²) in [5.41, 5.74) is 6.50. The van der Waals surface area contributed by atoms with Gasteiger partial charge in [0.1, 0.15) is 23.1 Å². The van der Waals surface area contributed by atoms with E-state index < -0.39 is 0 Å². The van der Waals surface area contributed by atoms with Gasteiger partial charge in [-0.3, -0.25) is 0 Å². The molecule has 1 heterocycles. The van der Waals surface area contributed by atoms with Gasteiger partial charge in [-0.05, 0) is 38.1 Å². The molecule has 1 aromatic carbocycles. The van der Waals surface area contributed by atoms with E-state index in [2.05, 4.69) is 9.97 Å². The van der Waals surface area contributed by atoms with Crippen LogP contribution in [0.3, 0.4) is 0 Å². The van der Waals surface area contributed by atoms with Crippen LogP contribution in [0, 0.1) is 13.8 Å². The lowest BCUT2D eigenvalue weighted by Crippen LogP contribution is -2.02. The van der Waals surface area contributed by atoms with Crippen molar-refractivity contribution >= 4 is 5.82 Å². The fourth-order valence-corrected chi connectivity index (χ4v) is 1.48. The molecule has 18 heavy (non-hydrogen) atoms. The van der Waals surface area contributed by atoms with E-state index in [1.165, 1.54) is 0 Å². The van der Waals surface area contributed by atoms with E-state index in [0.717, 1.165) is 11.3 Å². The minimum atomic E-state index is 0.436. The molecular weight excluding hydrogens is 230 g/mol. The van der Waals surface area contributed by atoms with Crippen LogP contribution in [0.4, 0.5) is 5.82 Å². The largest absolute Gasteiger partial charge is 0.497 e. The molecule has 2 rings (SSSR count). The molecule has 0 aliphatic carbocycles. The van der Waals surface area contributed by atoms with Gasteiger partial charge in [0.25, 0.3) is 0 Å². The van der Waals surface area contributed by atoms with Gasteiger partial charge in [0.15, 0.2) is 0 Å². The Morgan fingerprint density at radius 3 is 2.22 bits per heavy atom. The quantitative estimate of drug-likeness (QED) is 0.899. The number of methoxy groups -OCH3 is 1. The monoisotopic (exact) mass is 245 g/mol. The van der Waals surface area contributed by atoms with Crippen molar-refractivity contribution in [1.82, 2.24) is 9.97 Å². The molecule has 0 bridgehead atoms. The van der Waals surface area contributed by atoms with Gasteiger partial charge in [-0.1, -0.05) is 0 Å². The van der Waals surface area contributed by atoms with Gasteiger partial charge in [0.05, 0.1) is 12.7 Å². The molecule has 0 amide bonds. The average molecular weight is 245 g/mol. The van der Waals surface area contributed by atoms with E-state index in [1.807, 2.05) is 31.2 Å². The van der Waals surface area contributed by atoms with Crippen LogP contribution in [0.15, 0.2) is 24.3 Å². The third-order valence-corrected chi connectivity index (χ3v) is 2.52. The van der Waals surface area contributed by atoms with E-state index in [4.69, 9.17) is 15.2 Å². The summed E-state index contributed by atoms with van der Waals surface area (Å²) in [4.78, 5) is 8.30. The maximum Gasteiger partial charge on any atom is 0.227 e. The molecule has 0 atom stereocenters. The van der Waals surface area contributed by atoms with Crippen molar-refractivity contribution in [3.05, 3.63) is 35.7 Å². The van der Waals surface area contributed by atoms with Crippen LogP contribution in [0.1, 0.15) is 11.4 Å². The zero-order chi connectivity index (χ0) is 13.1. The number of nitrogens with zero attached hydrogens (tertiary/aromatic N) is 2. The summed E-state index contributed by atoms with van der Waals surface area (Å²) in [6.07, 6.45) is 0. The first-order chi connectivity index (χ1) is 8.60. The second kappa shape index (κ2) is 4.91. The van der Waals surface area contributed by atoms with E-state index in [0.29, 0.717) is 23.3 Å². The topological polar surface area (TPSA) is 70.3 Å². The molecule has 5 nitrogen and oxygen atoms in total. The first-order valence-corrected chi connectivity index (χ1v) is 5.53. The molecule has 0 unspecified atom stereocenters. The van der Waals surface area contributed by atoms with Crippen molar-refractivity contribution in [2.45, 2.75) is 13.8 Å². The van der Waals surface area contributed by atoms with Crippen LogP contribution in [0.2, 0.25) is 0 Å². The van der Waals surface area contributed by atoms with Crippen molar-refractivity contribution in [1.29, 1.82) is 0 Å². The van der Waals surface area contributed by atoms with Gasteiger partial charge in [0, 0.05) is 0 Å². The van der Waals surface area contributed by atoms with Crippen molar-refractivity contribution < 1.29 is 9.47 Å². The van der Waals surface area contributed by atoms with Gasteiger partial charge in [-0.25, -0.2) is 4.98 Å². The van der Waals surface area contributed by atoms with Crippen molar-refractivity contribution in [2.24, 2.45) is 0 Å². The van der Waals surface area contributed by atoms with Crippen molar-refractivity contribution in [3.8, 4) is 17.4 Å². The summed E-state index contributed by atoms with van der Waals surface area (Å²) < 4.78 is 10.8. The number of nitrogen functional groups attached to an aromatic ring is 1. The molecule has 5 heteroatoms. The van der Waals surface area contributed by atoms with Crippen LogP contribution < -0.4 is 15.2 Å². The maximum atomic E-state index is 5.77. The molecule has 0 radical (unpaired) electrons.